The third kappa shape index (κ3) is 10.2. The normalized spacial score (nSPS) is 19.6. The predicted octanol–water partition coefficient (Wildman–Crippen LogP) is 0.223. The minimum Gasteiger partial charge on any atom is -0.396 e. The Hall–Kier alpha value is -0.240. The standard InChI is InChI=1S/C13H26O6/c1-2-15-6-7-18-12(8-16-5-3-4-14)9-17-10-13-11-19-13/h12-14H,2-11H2,1H3/t12-,13+/m0/s1. The largest absolute Gasteiger partial charge is 0.396 e. The molecule has 0 aromatic heterocycles. The van der Waals surface area contributed by atoms with Gasteiger partial charge in [-0.15, -0.1) is 0 Å². The van der Waals surface area contributed by atoms with Gasteiger partial charge in [-0.2, -0.15) is 0 Å². The van der Waals surface area contributed by atoms with E-state index in [4.69, 9.17) is 28.8 Å². The lowest BCUT2D eigenvalue weighted by molar-refractivity contribution is -0.0745. The maximum Gasteiger partial charge on any atom is 0.104 e. The van der Waals surface area contributed by atoms with E-state index in [0.717, 1.165) is 6.61 Å². The first-order valence-corrected chi connectivity index (χ1v) is 6.94. The number of aliphatic hydroxyl groups is 1. The molecule has 1 aliphatic heterocycles. The molecule has 1 rings (SSSR count). The number of rotatable bonds is 14. The lowest BCUT2D eigenvalue weighted by atomic mass is 10.4. The van der Waals surface area contributed by atoms with Crippen molar-refractivity contribution in [2.45, 2.75) is 25.6 Å². The highest BCUT2D eigenvalue weighted by Crippen LogP contribution is 2.09. The van der Waals surface area contributed by atoms with Gasteiger partial charge in [0.05, 0.1) is 39.6 Å². The molecule has 0 radical (unpaired) electrons. The molecular formula is C13H26O6. The Morgan fingerprint density at radius 1 is 1.16 bits per heavy atom. The topological polar surface area (TPSA) is 69.7 Å². The van der Waals surface area contributed by atoms with E-state index < -0.39 is 0 Å². The second-order valence-electron chi connectivity index (χ2n) is 4.33. The summed E-state index contributed by atoms with van der Waals surface area (Å²) in [6.07, 6.45) is 0.805. The van der Waals surface area contributed by atoms with E-state index in [2.05, 4.69) is 0 Å². The van der Waals surface area contributed by atoms with Gasteiger partial charge >= 0.3 is 0 Å². The monoisotopic (exact) mass is 278 g/mol. The molecule has 1 saturated heterocycles. The fourth-order valence-electron chi connectivity index (χ4n) is 1.44. The highest BCUT2D eigenvalue weighted by Gasteiger charge is 2.23. The summed E-state index contributed by atoms with van der Waals surface area (Å²) in [5.74, 6) is 0. The van der Waals surface area contributed by atoms with Crippen LogP contribution in [-0.2, 0) is 23.7 Å². The van der Waals surface area contributed by atoms with Crippen molar-refractivity contribution in [3.05, 3.63) is 0 Å². The Morgan fingerprint density at radius 3 is 2.63 bits per heavy atom. The van der Waals surface area contributed by atoms with Gasteiger partial charge in [-0.1, -0.05) is 0 Å². The zero-order valence-electron chi connectivity index (χ0n) is 11.7. The number of epoxide rings is 1. The van der Waals surface area contributed by atoms with E-state index in [1.165, 1.54) is 0 Å². The van der Waals surface area contributed by atoms with Crippen molar-refractivity contribution >= 4 is 0 Å². The summed E-state index contributed by atoms with van der Waals surface area (Å²) in [5, 5.41) is 8.68. The van der Waals surface area contributed by atoms with Crippen molar-refractivity contribution in [3.8, 4) is 0 Å². The Labute approximate surface area is 114 Å². The van der Waals surface area contributed by atoms with Gasteiger partial charge in [-0.3, -0.25) is 0 Å². The summed E-state index contributed by atoms with van der Waals surface area (Å²) < 4.78 is 26.9. The maximum atomic E-state index is 8.68. The SMILES string of the molecule is CCOCCO[C@@H](COCCCO)COC[C@@H]1CO1. The number of ether oxygens (including phenoxy) is 5. The molecule has 1 N–H and O–H groups in total. The molecule has 0 bridgehead atoms. The Balaban J connectivity index is 2.04. The molecule has 1 aliphatic rings. The van der Waals surface area contributed by atoms with Crippen LogP contribution in [0.25, 0.3) is 0 Å². The van der Waals surface area contributed by atoms with Gasteiger partial charge in [0.15, 0.2) is 0 Å². The summed E-state index contributed by atoms with van der Waals surface area (Å²) in [6, 6.07) is 0. The van der Waals surface area contributed by atoms with Crippen LogP contribution >= 0.6 is 0 Å². The summed E-state index contributed by atoms with van der Waals surface area (Å²) in [5.41, 5.74) is 0. The molecule has 0 amide bonds. The van der Waals surface area contributed by atoms with E-state index in [1.54, 1.807) is 0 Å². The lowest BCUT2D eigenvalue weighted by Crippen LogP contribution is -2.28. The van der Waals surface area contributed by atoms with Crippen LogP contribution in [0.15, 0.2) is 0 Å². The van der Waals surface area contributed by atoms with Gasteiger partial charge < -0.3 is 28.8 Å². The van der Waals surface area contributed by atoms with Crippen molar-refractivity contribution in [1.29, 1.82) is 0 Å². The minimum absolute atomic E-state index is 0.0992. The van der Waals surface area contributed by atoms with E-state index in [0.29, 0.717) is 52.7 Å². The van der Waals surface area contributed by atoms with Crippen LogP contribution in [0, 0.1) is 0 Å². The average Bonchev–Trinajstić information content (AvgIpc) is 3.23. The van der Waals surface area contributed by atoms with E-state index in [-0.39, 0.29) is 18.8 Å². The number of hydrogen-bond acceptors (Lipinski definition) is 6. The highest BCUT2D eigenvalue weighted by molar-refractivity contribution is 4.68. The molecule has 0 spiro atoms. The van der Waals surface area contributed by atoms with Gasteiger partial charge in [0, 0.05) is 19.8 Å². The molecule has 0 aliphatic carbocycles. The van der Waals surface area contributed by atoms with Crippen LogP contribution in [0.3, 0.4) is 0 Å². The second kappa shape index (κ2) is 11.6. The molecule has 0 aromatic carbocycles. The molecule has 1 fully saturated rings. The average molecular weight is 278 g/mol. The van der Waals surface area contributed by atoms with E-state index >= 15 is 0 Å². The molecule has 6 nitrogen and oxygen atoms in total. The molecule has 0 saturated carbocycles. The van der Waals surface area contributed by atoms with Crippen molar-refractivity contribution in [1.82, 2.24) is 0 Å². The first-order chi connectivity index (χ1) is 9.36. The maximum absolute atomic E-state index is 8.68. The van der Waals surface area contributed by atoms with Crippen LogP contribution in [-0.4, -0.2) is 76.8 Å². The second-order valence-corrected chi connectivity index (χ2v) is 4.33. The third-order valence-electron chi connectivity index (χ3n) is 2.55. The summed E-state index contributed by atoms with van der Waals surface area (Å²) in [4.78, 5) is 0. The molecule has 2 atom stereocenters. The molecular weight excluding hydrogens is 252 g/mol. The predicted molar refractivity (Wildman–Crippen MR) is 69.3 cm³/mol. The van der Waals surface area contributed by atoms with Crippen molar-refractivity contribution in [2.24, 2.45) is 0 Å². The van der Waals surface area contributed by atoms with Crippen molar-refractivity contribution < 1.29 is 28.8 Å². The lowest BCUT2D eigenvalue weighted by Gasteiger charge is -2.18. The zero-order valence-corrected chi connectivity index (χ0v) is 11.7. The van der Waals surface area contributed by atoms with Crippen molar-refractivity contribution in [3.63, 3.8) is 0 Å². The Kier molecular flexibility index (Phi) is 10.2. The summed E-state index contributed by atoms with van der Waals surface area (Å²) >= 11 is 0. The van der Waals surface area contributed by atoms with Gasteiger partial charge in [0.1, 0.15) is 12.2 Å². The fourth-order valence-corrected chi connectivity index (χ4v) is 1.44. The van der Waals surface area contributed by atoms with Crippen molar-refractivity contribution in [2.75, 3.05) is 59.5 Å². The van der Waals surface area contributed by atoms with E-state index in [1.807, 2.05) is 6.92 Å². The summed E-state index contributed by atoms with van der Waals surface area (Å²) in [7, 11) is 0. The third-order valence-corrected chi connectivity index (χ3v) is 2.55. The van der Waals surface area contributed by atoms with Crippen LogP contribution < -0.4 is 0 Å². The van der Waals surface area contributed by atoms with Crippen LogP contribution in [0.1, 0.15) is 13.3 Å². The first-order valence-electron chi connectivity index (χ1n) is 6.94. The molecule has 0 aromatic rings. The molecule has 0 unspecified atom stereocenters. The Bertz CT molecular complexity index is 186. The smallest absolute Gasteiger partial charge is 0.104 e. The van der Waals surface area contributed by atoms with Crippen LogP contribution in [0.4, 0.5) is 0 Å². The van der Waals surface area contributed by atoms with Gasteiger partial charge in [0.2, 0.25) is 0 Å². The van der Waals surface area contributed by atoms with Crippen LogP contribution in [0.2, 0.25) is 0 Å². The quantitative estimate of drug-likeness (QED) is 0.362. The molecule has 1 heterocycles. The number of hydrogen-bond donors (Lipinski definition) is 1. The van der Waals surface area contributed by atoms with Gasteiger partial charge in [0.25, 0.3) is 0 Å². The molecule has 19 heavy (non-hydrogen) atoms. The first kappa shape index (κ1) is 16.8. The fraction of sp³-hybridized carbons (Fsp3) is 1.00. The summed E-state index contributed by atoms with van der Waals surface area (Å²) in [6.45, 7) is 6.80. The van der Waals surface area contributed by atoms with Gasteiger partial charge in [-0.25, -0.2) is 0 Å². The van der Waals surface area contributed by atoms with E-state index in [9.17, 15) is 0 Å². The molecule has 114 valence electrons. The van der Waals surface area contributed by atoms with Crippen LogP contribution in [0.5, 0.6) is 0 Å². The zero-order chi connectivity index (χ0) is 13.8. The Morgan fingerprint density at radius 2 is 1.95 bits per heavy atom. The minimum atomic E-state index is -0.0992. The van der Waals surface area contributed by atoms with Gasteiger partial charge in [-0.05, 0) is 13.3 Å². The number of aliphatic hydroxyl groups excluding tert-OH is 1. The molecule has 6 heteroatoms. The highest BCUT2D eigenvalue weighted by atomic mass is 16.6.